The Morgan fingerprint density at radius 3 is 2.68 bits per heavy atom. The normalized spacial score (nSPS) is 26.9. The molecule has 0 radical (unpaired) electrons. The molecule has 1 aliphatic carbocycles. The molecule has 1 aliphatic rings. The zero-order valence-corrected chi connectivity index (χ0v) is 12.0. The van der Waals surface area contributed by atoms with Crippen molar-refractivity contribution in [2.75, 3.05) is 11.6 Å². The van der Waals surface area contributed by atoms with Gasteiger partial charge in [0, 0.05) is 11.9 Å². The Balaban J connectivity index is 2.40. The Labute approximate surface area is 114 Å². The van der Waals surface area contributed by atoms with Crippen LogP contribution in [0.4, 0.5) is 5.69 Å². The SMILES string of the molecule is Cc1ccccc1NC1(C#N)CCCC1S(C)(=O)=O. The molecule has 1 aromatic carbocycles. The van der Waals surface area contributed by atoms with Crippen LogP contribution in [0.3, 0.4) is 0 Å². The van der Waals surface area contributed by atoms with E-state index in [2.05, 4.69) is 11.4 Å². The van der Waals surface area contributed by atoms with Gasteiger partial charge in [0.25, 0.3) is 0 Å². The molecule has 0 bridgehead atoms. The molecule has 0 heterocycles. The van der Waals surface area contributed by atoms with E-state index in [0.717, 1.165) is 17.7 Å². The Hall–Kier alpha value is -1.54. The highest BCUT2D eigenvalue weighted by Crippen LogP contribution is 2.37. The molecule has 2 rings (SSSR count). The molecular weight excluding hydrogens is 260 g/mol. The van der Waals surface area contributed by atoms with Crippen molar-refractivity contribution < 1.29 is 8.42 Å². The zero-order chi connectivity index (χ0) is 14.1. The quantitative estimate of drug-likeness (QED) is 0.920. The number of rotatable bonds is 3. The standard InChI is InChI=1S/C14H18N2O2S/c1-11-6-3-4-7-12(11)16-14(10-15)9-5-8-13(14)19(2,17)18/h3-4,6-7,13,16H,5,8-9H2,1-2H3. The maximum Gasteiger partial charge on any atom is 0.153 e. The number of hydrogen-bond donors (Lipinski definition) is 1. The molecule has 1 fully saturated rings. The van der Waals surface area contributed by atoms with Crippen molar-refractivity contribution in [3.63, 3.8) is 0 Å². The summed E-state index contributed by atoms with van der Waals surface area (Å²) >= 11 is 0. The summed E-state index contributed by atoms with van der Waals surface area (Å²) < 4.78 is 23.8. The van der Waals surface area contributed by atoms with Gasteiger partial charge in [-0.15, -0.1) is 0 Å². The van der Waals surface area contributed by atoms with E-state index in [1.165, 1.54) is 6.26 Å². The van der Waals surface area contributed by atoms with Crippen molar-refractivity contribution in [3.8, 4) is 6.07 Å². The van der Waals surface area contributed by atoms with Crippen molar-refractivity contribution in [3.05, 3.63) is 29.8 Å². The van der Waals surface area contributed by atoms with Gasteiger partial charge in [0.15, 0.2) is 9.84 Å². The van der Waals surface area contributed by atoms with E-state index in [9.17, 15) is 13.7 Å². The lowest BCUT2D eigenvalue weighted by Crippen LogP contribution is -2.47. The summed E-state index contributed by atoms with van der Waals surface area (Å²) in [6.45, 7) is 1.94. The molecule has 5 heteroatoms. The van der Waals surface area contributed by atoms with Gasteiger partial charge in [-0.05, 0) is 37.8 Å². The van der Waals surface area contributed by atoms with Crippen LogP contribution in [0, 0.1) is 18.3 Å². The Morgan fingerprint density at radius 2 is 2.11 bits per heavy atom. The lowest BCUT2D eigenvalue weighted by Gasteiger charge is -2.30. The topological polar surface area (TPSA) is 70.0 Å². The fourth-order valence-corrected chi connectivity index (χ4v) is 4.36. The van der Waals surface area contributed by atoms with Crippen molar-refractivity contribution in [1.29, 1.82) is 5.26 Å². The van der Waals surface area contributed by atoms with Crippen LogP contribution in [0.5, 0.6) is 0 Å². The summed E-state index contributed by atoms with van der Waals surface area (Å²) in [5, 5.41) is 12.1. The summed E-state index contributed by atoms with van der Waals surface area (Å²) in [7, 11) is -3.24. The molecular formula is C14H18N2O2S. The highest BCUT2D eigenvalue weighted by Gasteiger charge is 2.49. The Kier molecular flexibility index (Phi) is 3.55. The molecule has 0 saturated heterocycles. The van der Waals surface area contributed by atoms with E-state index >= 15 is 0 Å². The van der Waals surface area contributed by atoms with Gasteiger partial charge in [-0.3, -0.25) is 0 Å². The van der Waals surface area contributed by atoms with Gasteiger partial charge < -0.3 is 5.32 Å². The van der Waals surface area contributed by atoms with E-state index in [1.807, 2.05) is 31.2 Å². The second-order valence-electron chi connectivity index (χ2n) is 5.23. The van der Waals surface area contributed by atoms with Gasteiger partial charge in [-0.25, -0.2) is 8.42 Å². The number of nitriles is 1. The van der Waals surface area contributed by atoms with Crippen molar-refractivity contribution in [1.82, 2.24) is 0 Å². The largest absolute Gasteiger partial charge is 0.366 e. The lowest BCUT2D eigenvalue weighted by atomic mass is 9.98. The zero-order valence-electron chi connectivity index (χ0n) is 11.2. The molecule has 0 amide bonds. The number of benzene rings is 1. The van der Waals surface area contributed by atoms with Gasteiger partial charge in [0.05, 0.1) is 11.3 Å². The van der Waals surface area contributed by atoms with Crippen LogP contribution in [0.15, 0.2) is 24.3 Å². The number of anilines is 1. The van der Waals surface area contributed by atoms with Gasteiger partial charge in [-0.1, -0.05) is 18.2 Å². The summed E-state index contributed by atoms with van der Waals surface area (Å²) in [6, 6.07) is 9.84. The third-order valence-corrected chi connectivity index (χ3v) is 5.48. The summed E-state index contributed by atoms with van der Waals surface area (Å²) in [5.41, 5.74) is 0.843. The van der Waals surface area contributed by atoms with Gasteiger partial charge in [0.2, 0.25) is 0 Å². The molecule has 2 unspecified atom stereocenters. The maximum absolute atomic E-state index is 11.9. The van der Waals surface area contributed by atoms with Gasteiger partial charge in [-0.2, -0.15) is 5.26 Å². The summed E-state index contributed by atoms with van der Waals surface area (Å²) in [5.74, 6) is 0. The monoisotopic (exact) mass is 278 g/mol. The molecule has 1 N–H and O–H groups in total. The van der Waals surface area contributed by atoms with E-state index in [4.69, 9.17) is 0 Å². The minimum atomic E-state index is -3.24. The number of nitrogens with one attached hydrogen (secondary N) is 1. The molecule has 102 valence electrons. The molecule has 0 aromatic heterocycles. The van der Waals surface area contributed by atoms with Crippen LogP contribution in [0.1, 0.15) is 24.8 Å². The number of hydrogen-bond acceptors (Lipinski definition) is 4. The molecule has 2 atom stereocenters. The minimum absolute atomic E-state index is 0.547. The molecule has 1 saturated carbocycles. The van der Waals surface area contributed by atoms with Gasteiger partial charge in [0.1, 0.15) is 5.54 Å². The van der Waals surface area contributed by atoms with Crippen molar-refractivity contribution >= 4 is 15.5 Å². The minimum Gasteiger partial charge on any atom is -0.366 e. The molecule has 4 nitrogen and oxygen atoms in total. The number of aryl methyl sites for hydroxylation is 1. The van der Waals surface area contributed by atoms with Crippen molar-refractivity contribution in [2.24, 2.45) is 0 Å². The highest BCUT2D eigenvalue weighted by atomic mass is 32.2. The van der Waals surface area contributed by atoms with E-state index in [-0.39, 0.29) is 0 Å². The predicted molar refractivity (Wildman–Crippen MR) is 75.6 cm³/mol. The Morgan fingerprint density at radius 1 is 1.42 bits per heavy atom. The lowest BCUT2D eigenvalue weighted by molar-refractivity contribution is 0.551. The first-order chi connectivity index (χ1) is 8.89. The highest BCUT2D eigenvalue weighted by molar-refractivity contribution is 7.91. The first-order valence-corrected chi connectivity index (χ1v) is 8.28. The van der Waals surface area contributed by atoms with Crippen LogP contribution in [-0.2, 0) is 9.84 Å². The van der Waals surface area contributed by atoms with E-state index < -0.39 is 20.6 Å². The van der Waals surface area contributed by atoms with Crippen LogP contribution in [0.25, 0.3) is 0 Å². The predicted octanol–water partition coefficient (Wildman–Crippen LogP) is 2.27. The molecule has 19 heavy (non-hydrogen) atoms. The van der Waals surface area contributed by atoms with E-state index in [1.54, 1.807) is 0 Å². The number of sulfone groups is 1. The molecule has 0 spiro atoms. The van der Waals surface area contributed by atoms with Crippen molar-refractivity contribution in [2.45, 2.75) is 37.0 Å². The number of para-hydroxylation sites is 1. The smallest absolute Gasteiger partial charge is 0.153 e. The molecule has 1 aromatic rings. The average molecular weight is 278 g/mol. The van der Waals surface area contributed by atoms with E-state index in [0.29, 0.717) is 12.8 Å². The fourth-order valence-electron chi connectivity index (χ4n) is 2.81. The second kappa shape index (κ2) is 4.86. The van der Waals surface area contributed by atoms with Gasteiger partial charge >= 0.3 is 0 Å². The molecule has 0 aliphatic heterocycles. The van der Waals surface area contributed by atoms with Crippen LogP contribution < -0.4 is 5.32 Å². The third kappa shape index (κ3) is 2.59. The van der Waals surface area contributed by atoms with Crippen LogP contribution in [-0.4, -0.2) is 25.5 Å². The first-order valence-electron chi connectivity index (χ1n) is 6.33. The number of nitrogens with zero attached hydrogens (tertiary/aromatic N) is 1. The Bertz CT molecular complexity index is 619. The summed E-state index contributed by atoms with van der Waals surface area (Å²) in [6.07, 6.45) is 3.08. The van der Waals surface area contributed by atoms with Crippen LogP contribution in [0.2, 0.25) is 0 Å². The maximum atomic E-state index is 11.9. The summed E-state index contributed by atoms with van der Waals surface area (Å²) in [4.78, 5) is 0. The fraction of sp³-hybridized carbons (Fsp3) is 0.500. The van der Waals surface area contributed by atoms with Crippen LogP contribution >= 0.6 is 0 Å². The average Bonchev–Trinajstić information content (AvgIpc) is 2.76. The second-order valence-corrected chi connectivity index (χ2v) is 7.46. The third-order valence-electron chi connectivity index (χ3n) is 3.81. The first kappa shape index (κ1) is 13.9.